The summed E-state index contributed by atoms with van der Waals surface area (Å²) in [7, 11) is -3.18. The lowest BCUT2D eigenvalue weighted by atomic mass is 10.1. The third-order valence-electron chi connectivity index (χ3n) is 2.89. The third kappa shape index (κ3) is 6.71. The maximum absolute atomic E-state index is 11.8. The van der Waals surface area contributed by atoms with E-state index in [-0.39, 0.29) is 5.75 Å². The van der Waals surface area contributed by atoms with Crippen molar-refractivity contribution in [2.45, 2.75) is 39.8 Å². The highest BCUT2D eigenvalue weighted by Gasteiger charge is 2.10. The van der Waals surface area contributed by atoms with Gasteiger partial charge in [0, 0.05) is 12.6 Å². The second-order valence-corrected chi connectivity index (χ2v) is 6.96. The highest BCUT2D eigenvalue weighted by atomic mass is 32.2. The monoisotopic (exact) mass is 284 g/mol. The van der Waals surface area contributed by atoms with Gasteiger partial charge >= 0.3 is 0 Å². The SMILES string of the molecule is Cc1ccccc1CNS(=O)(=O)CCCNC(C)C. The average molecular weight is 284 g/mol. The lowest BCUT2D eigenvalue weighted by Gasteiger charge is -2.10. The summed E-state index contributed by atoms with van der Waals surface area (Å²) in [4.78, 5) is 0. The number of benzene rings is 1. The van der Waals surface area contributed by atoms with Gasteiger partial charge in [0.25, 0.3) is 0 Å². The van der Waals surface area contributed by atoms with Gasteiger partial charge in [-0.1, -0.05) is 38.1 Å². The van der Waals surface area contributed by atoms with E-state index in [4.69, 9.17) is 0 Å². The van der Waals surface area contributed by atoms with Crippen LogP contribution in [-0.2, 0) is 16.6 Å². The highest BCUT2D eigenvalue weighted by Crippen LogP contribution is 2.06. The van der Waals surface area contributed by atoms with Crippen LogP contribution in [0.5, 0.6) is 0 Å². The molecule has 0 spiro atoms. The van der Waals surface area contributed by atoms with Crippen molar-refractivity contribution in [3.63, 3.8) is 0 Å². The van der Waals surface area contributed by atoms with Gasteiger partial charge in [-0.2, -0.15) is 0 Å². The van der Waals surface area contributed by atoms with Crippen LogP contribution in [0.3, 0.4) is 0 Å². The Morgan fingerprint density at radius 3 is 2.53 bits per heavy atom. The van der Waals surface area contributed by atoms with Gasteiger partial charge in [-0.05, 0) is 31.0 Å². The fraction of sp³-hybridized carbons (Fsp3) is 0.571. The van der Waals surface area contributed by atoms with E-state index in [2.05, 4.69) is 10.0 Å². The van der Waals surface area contributed by atoms with Gasteiger partial charge < -0.3 is 5.32 Å². The van der Waals surface area contributed by atoms with E-state index in [0.717, 1.165) is 17.7 Å². The molecule has 1 aromatic carbocycles. The average Bonchev–Trinajstić information content (AvgIpc) is 2.34. The van der Waals surface area contributed by atoms with Crippen LogP contribution in [0.25, 0.3) is 0 Å². The van der Waals surface area contributed by atoms with Crippen molar-refractivity contribution in [1.82, 2.24) is 10.0 Å². The van der Waals surface area contributed by atoms with Gasteiger partial charge in [0.1, 0.15) is 0 Å². The minimum atomic E-state index is -3.18. The third-order valence-corrected chi connectivity index (χ3v) is 4.30. The number of nitrogens with one attached hydrogen (secondary N) is 2. The second kappa shape index (κ2) is 7.62. The van der Waals surface area contributed by atoms with Crippen molar-refractivity contribution in [3.05, 3.63) is 35.4 Å². The van der Waals surface area contributed by atoms with Crippen molar-refractivity contribution in [2.24, 2.45) is 0 Å². The number of sulfonamides is 1. The van der Waals surface area contributed by atoms with Crippen molar-refractivity contribution in [1.29, 1.82) is 0 Å². The van der Waals surface area contributed by atoms with Gasteiger partial charge in [-0.15, -0.1) is 0 Å². The summed E-state index contributed by atoms with van der Waals surface area (Å²) in [5.74, 6) is 0.165. The molecule has 108 valence electrons. The molecule has 0 aromatic heterocycles. The standard InChI is InChI=1S/C14H24N2O2S/c1-12(2)15-9-6-10-19(17,18)16-11-14-8-5-4-7-13(14)3/h4-5,7-8,12,15-16H,6,9-11H2,1-3H3. The summed E-state index contributed by atoms with van der Waals surface area (Å²) in [5, 5.41) is 3.21. The fourth-order valence-corrected chi connectivity index (χ4v) is 2.77. The van der Waals surface area contributed by atoms with Crippen molar-refractivity contribution >= 4 is 10.0 Å². The quantitative estimate of drug-likeness (QED) is 0.716. The maximum Gasteiger partial charge on any atom is 0.211 e. The molecule has 0 aliphatic rings. The van der Waals surface area contributed by atoms with Gasteiger partial charge in [-0.25, -0.2) is 13.1 Å². The molecule has 0 aliphatic heterocycles. The Balaban J connectivity index is 2.37. The summed E-state index contributed by atoms with van der Waals surface area (Å²) < 4.78 is 26.3. The maximum atomic E-state index is 11.8. The summed E-state index contributed by atoms with van der Waals surface area (Å²) >= 11 is 0. The van der Waals surface area contributed by atoms with E-state index >= 15 is 0 Å². The van der Waals surface area contributed by atoms with Crippen LogP contribution in [0.1, 0.15) is 31.4 Å². The molecule has 0 amide bonds. The topological polar surface area (TPSA) is 58.2 Å². The second-order valence-electron chi connectivity index (χ2n) is 5.03. The molecule has 0 aliphatic carbocycles. The molecule has 1 aromatic rings. The van der Waals surface area contributed by atoms with E-state index in [0.29, 0.717) is 19.0 Å². The Hall–Kier alpha value is -0.910. The normalized spacial score (nSPS) is 12.0. The van der Waals surface area contributed by atoms with Gasteiger partial charge in [0.15, 0.2) is 0 Å². The zero-order chi connectivity index (χ0) is 14.3. The molecule has 0 bridgehead atoms. The van der Waals surface area contributed by atoms with Crippen LogP contribution < -0.4 is 10.0 Å². The van der Waals surface area contributed by atoms with E-state index in [1.165, 1.54) is 0 Å². The largest absolute Gasteiger partial charge is 0.314 e. The Labute approximate surface area is 116 Å². The fourth-order valence-electron chi connectivity index (χ4n) is 1.72. The van der Waals surface area contributed by atoms with Crippen molar-refractivity contribution in [3.8, 4) is 0 Å². The molecular formula is C14H24N2O2S. The van der Waals surface area contributed by atoms with Crippen LogP contribution in [0.2, 0.25) is 0 Å². The molecule has 0 heterocycles. The Kier molecular flexibility index (Phi) is 6.48. The first kappa shape index (κ1) is 16.1. The predicted molar refractivity (Wildman–Crippen MR) is 79.6 cm³/mol. The number of rotatable bonds is 8. The zero-order valence-electron chi connectivity index (χ0n) is 11.9. The minimum absolute atomic E-state index is 0.165. The Bertz CT molecular complexity index is 484. The van der Waals surface area contributed by atoms with Crippen LogP contribution >= 0.6 is 0 Å². The number of hydrogen-bond donors (Lipinski definition) is 2. The van der Waals surface area contributed by atoms with E-state index in [1.54, 1.807) is 0 Å². The smallest absolute Gasteiger partial charge is 0.211 e. The molecule has 0 atom stereocenters. The minimum Gasteiger partial charge on any atom is -0.314 e. The molecule has 4 nitrogen and oxygen atoms in total. The van der Waals surface area contributed by atoms with E-state index < -0.39 is 10.0 Å². The first-order chi connectivity index (χ1) is 8.91. The molecule has 2 N–H and O–H groups in total. The van der Waals surface area contributed by atoms with Crippen LogP contribution in [-0.4, -0.2) is 26.8 Å². The van der Waals surface area contributed by atoms with E-state index in [9.17, 15) is 8.42 Å². The van der Waals surface area contributed by atoms with Crippen LogP contribution in [0.4, 0.5) is 0 Å². The summed E-state index contributed by atoms with van der Waals surface area (Å²) in [5.41, 5.74) is 2.12. The number of aryl methyl sites for hydroxylation is 1. The molecular weight excluding hydrogens is 260 g/mol. The molecule has 19 heavy (non-hydrogen) atoms. The zero-order valence-corrected chi connectivity index (χ0v) is 12.8. The molecule has 1 rings (SSSR count). The molecule has 5 heteroatoms. The van der Waals surface area contributed by atoms with Crippen molar-refractivity contribution in [2.75, 3.05) is 12.3 Å². The van der Waals surface area contributed by atoms with Crippen LogP contribution in [0.15, 0.2) is 24.3 Å². The Morgan fingerprint density at radius 2 is 1.89 bits per heavy atom. The highest BCUT2D eigenvalue weighted by molar-refractivity contribution is 7.89. The summed E-state index contributed by atoms with van der Waals surface area (Å²) in [6.07, 6.45) is 0.626. The van der Waals surface area contributed by atoms with Gasteiger partial charge in [0.2, 0.25) is 10.0 Å². The van der Waals surface area contributed by atoms with E-state index in [1.807, 2.05) is 45.0 Å². The summed E-state index contributed by atoms with van der Waals surface area (Å²) in [6, 6.07) is 8.19. The lowest BCUT2D eigenvalue weighted by molar-refractivity contribution is 0.560. The lowest BCUT2D eigenvalue weighted by Crippen LogP contribution is -2.30. The molecule has 0 unspecified atom stereocenters. The van der Waals surface area contributed by atoms with Crippen LogP contribution in [0, 0.1) is 6.92 Å². The van der Waals surface area contributed by atoms with Gasteiger partial charge in [-0.3, -0.25) is 0 Å². The first-order valence-corrected chi connectivity index (χ1v) is 8.31. The molecule has 0 fully saturated rings. The summed E-state index contributed by atoms with van der Waals surface area (Å²) in [6.45, 7) is 7.17. The molecule has 0 radical (unpaired) electrons. The van der Waals surface area contributed by atoms with Gasteiger partial charge in [0.05, 0.1) is 5.75 Å². The Morgan fingerprint density at radius 1 is 1.21 bits per heavy atom. The molecule has 0 saturated carbocycles. The van der Waals surface area contributed by atoms with Crippen molar-refractivity contribution < 1.29 is 8.42 Å². The number of hydrogen-bond acceptors (Lipinski definition) is 3. The first-order valence-electron chi connectivity index (χ1n) is 6.66. The molecule has 0 saturated heterocycles. The predicted octanol–water partition coefficient (Wildman–Crippen LogP) is 1.80.